The number of carbonyl (C=O) groups is 1. The molecule has 0 N–H and O–H groups in total. The Kier molecular flexibility index (Phi) is 4.19. The molecule has 2 atom stereocenters. The van der Waals surface area contributed by atoms with Gasteiger partial charge in [0.1, 0.15) is 0 Å². The van der Waals surface area contributed by atoms with E-state index in [1.807, 2.05) is 18.2 Å². The van der Waals surface area contributed by atoms with Crippen molar-refractivity contribution >= 4 is 17.2 Å². The Hall–Kier alpha value is -1.65. The Morgan fingerprint density at radius 2 is 1.92 bits per heavy atom. The molecule has 3 saturated heterocycles. The molecule has 4 heterocycles. The molecular formula is C20H24N2OS. The van der Waals surface area contributed by atoms with Crippen LogP contribution >= 0.6 is 11.3 Å². The number of fused-ring (bicyclic) bond motifs is 4. The molecule has 3 aliphatic heterocycles. The van der Waals surface area contributed by atoms with Crippen molar-refractivity contribution in [3.63, 3.8) is 0 Å². The van der Waals surface area contributed by atoms with Gasteiger partial charge in [-0.25, -0.2) is 0 Å². The smallest absolute Gasteiger partial charge is 0.255 e. The number of hydrogen-bond acceptors (Lipinski definition) is 3. The summed E-state index contributed by atoms with van der Waals surface area (Å²) < 4.78 is 0. The summed E-state index contributed by atoms with van der Waals surface area (Å²) in [5, 5.41) is 2.06. The van der Waals surface area contributed by atoms with E-state index in [2.05, 4.69) is 41.3 Å². The van der Waals surface area contributed by atoms with Crippen LogP contribution in [0.4, 0.5) is 0 Å². The standard InChI is InChI=1S/C20H24N2OS/c1-14-19(16-6-4-3-5-7-16)18(13-24-14)20(23)22-11-15-8-9-17(22)12-21(2)10-15/h3-7,13,15,17H,8-12H2,1-2H3/t15-,17+/m0/s1. The molecule has 0 spiro atoms. The van der Waals surface area contributed by atoms with Gasteiger partial charge in [-0.1, -0.05) is 30.3 Å². The number of likely N-dealkylation sites (N-methyl/N-ethyl adjacent to an activating group) is 1. The molecule has 2 aromatic rings. The van der Waals surface area contributed by atoms with Gasteiger partial charge < -0.3 is 9.80 Å². The molecule has 5 rings (SSSR count). The van der Waals surface area contributed by atoms with Crippen LogP contribution in [0.25, 0.3) is 11.1 Å². The van der Waals surface area contributed by atoms with Crippen LogP contribution in [0.5, 0.6) is 0 Å². The Morgan fingerprint density at radius 3 is 2.71 bits per heavy atom. The van der Waals surface area contributed by atoms with Crippen LogP contribution in [0.1, 0.15) is 28.1 Å². The van der Waals surface area contributed by atoms with Crippen LogP contribution in [-0.4, -0.2) is 48.4 Å². The number of amides is 1. The SMILES string of the molecule is Cc1scc(C(=O)N2C[C@H]3CC[C@@H]2CN(C)C3)c1-c1ccccc1. The zero-order chi connectivity index (χ0) is 16.7. The van der Waals surface area contributed by atoms with Crippen molar-refractivity contribution in [1.29, 1.82) is 0 Å². The van der Waals surface area contributed by atoms with Crippen LogP contribution in [-0.2, 0) is 0 Å². The van der Waals surface area contributed by atoms with Gasteiger partial charge in [0.2, 0.25) is 0 Å². The molecule has 0 unspecified atom stereocenters. The monoisotopic (exact) mass is 340 g/mol. The highest BCUT2D eigenvalue weighted by molar-refractivity contribution is 7.10. The van der Waals surface area contributed by atoms with Gasteiger partial charge in [-0.15, -0.1) is 11.3 Å². The number of carbonyl (C=O) groups excluding carboxylic acids is 1. The first-order valence-electron chi connectivity index (χ1n) is 8.76. The van der Waals surface area contributed by atoms with Crippen molar-refractivity contribution < 1.29 is 4.79 Å². The zero-order valence-corrected chi connectivity index (χ0v) is 15.2. The van der Waals surface area contributed by atoms with Gasteiger partial charge in [0, 0.05) is 41.5 Å². The van der Waals surface area contributed by atoms with Crippen molar-refractivity contribution in [2.45, 2.75) is 25.8 Å². The Morgan fingerprint density at radius 1 is 1.12 bits per heavy atom. The van der Waals surface area contributed by atoms with Crippen LogP contribution in [0.3, 0.4) is 0 Å². The summed E-state index contributed by atoms with van der Waals surface area (Å²) in [4.78, 5) is 19.1. The lowest BCUT2D eigenvalue weighted by Crippen LogP contribution is -2.47. The van der Waals surface area contributed by atoms with Gasteiger partial charge in [-0.3, -0.25) is 4.79 Å². The quantitative estimate of drug-likeness (QED) is 0.828. The lowest BCUT2D eigenvalue weighted by Gasteiger charge is -2.36. The highest BCUT2D eigenvalue weighted by atomic mass is 32.1. The number of aryl methyl sites for hydroxylation is 1. The van der Waals surface area contributed by atoms with Gasteiger partial charge in [0.15, 0.2) is 0 Å². The molecule has 1 aromatic heterocycles. The molecule has 0 saturated carbocycles. The van der Waals surface area contributed by atoms with E-state index >= 15 is 0 Å². The average molecular weight is 340 g/mol. The van der Waals surface area contributed by atoms with Crippen molar-refractivity contribution in [3.05, 3.63) is 46.2 Å². The van der Waals surface area contributed by atoms with E-state index in [0.29, 0.717) is 12.0 Å². The predicted octanol–water partition coefficient (Wildman–Crippen LogP) is 3.89. The Bertz CT molecular complexity index is 739. The number of hydrogen-bond donors (Lipinski definition) is 0. The first-order valence-corrected chi connectivity index (χ1v) is 9.64. The van der Waals surface area contributed by atoms with Crippen LogP contribution in [0.15, 0.2) is 35.7 Å². The first-order chi connectivity index (χ1) is 11.6. The third-order valence-electron chi connectivity index (χ3n) is 5.42. The molecule has 0 radical (unpaired) electrons. The number of thiophene rings is 1. The van der Waals surface area contributed by atoms with E-state index in [9.17, 15) is 4.79 Å². The molecule has 24 heavy (non-hydrogen) atoms. The van der Waals surface area contributed by atoms with Gasteiger partial charge in [-0.05, 0) is 38.3 Å². The summed E-state index contributed by atoms with van der Waals surface area (Å²) in [7, 11) is 2.18. The van der Waals surface area contributed by atoms with E-state index in [1.54, 1.807) is 11.3 Å². The minimum absolute atomic E-state index is 0.225. The van der Waals surface area contributed by atoms with E-state index in [1.165, 1.54) is 11.3 Å². The minimum atomic E-state index is 0.225. The topological polar surface area (TPSA) is 23.6 Å². The third-order valence-corrected chi connectivity index (χ3v) is 6.34. The maximum atomic E-state index is 13.4. The highest BCUT2D eigenvalue weighted by Gasteiger charge is 2.37. The molecule has 0 aliphatic carbocycles. The second kappa shape index (κ2) is 6.34. The fourth-order valence-electron chi connectivity index (χ4n) is 4.30. The number of nitrogens with zero attached hydrogens (tertiary/aromatic N) is 2. The maximum absolute atomic E-state index is 13.4. The molecule has 3 fully saturated rings. The number of benzene rings is 1. The molecular weight excluding hydrogens is 316 g/mol. The second-order valence-corrected chi connectivity index (χ2v) is 8.31. The van der Waals surface area contributed by atoms with Crippen molar-refractivity contribution in [2.24, 2.45) is 5.92 Å². The highest BCUT2D eigenvalue weighted by Crippen LogP contribution is 2.35. The van der Waals surface area contributed by atoms with Gasteiger partial charge in [0.25, 0.3) is 5.91 Å². The van der Waals surface area contributed by atoms with Crippen LogP contribution < -0.4 is 0 Å². The van der Waals surface area contributed by atoms with Crippen LogP contribution in [0, 0.1) is 12.8 Å². The van der Waals surface area contributed by atoms with Gasteiger partial charge >= 0.3 is 0 Å². The Balaban J connectivity index is 1.69. The van der Waals surface area contributed by atoms with E-state index in [-0.39, 0.29) is 5.91 Å². The fraction of sp³-hybridized carbons (Fsp3) is 0.450. The lowest BCUT2D eigenvalue weighted by atomic mass is 9.93. The van der Waals surface area contributed by atoms with Crippen LogP contribution in [0.2, 0.25) is 0 Å². The summed E-state index contributed by atoms with van der Waals surface area (Å²) in [6.07, 6.45) is 2.40. The molecule has 3 nitrogen and oxygen atoms in total. The molecule has 1 amide bonds. The Labute approximate surface area is 147 Å². The predicted molar refractivity (Wildman–Crippen MR) is 99.5 cm³/mol. The number of rotatable bonds is 2. The normalized spacial score (nSPS) is 24.2. The largest absolute Gasteiger partial charge is 0.334 e. The molecule has 3 aliphatic rings. The molecule has 4 heteroatoms. The fourth-order valence-corrected chi connectivity index (χ4v) is 5.15. The van der Waals surface area contributed by atoms with Gasteiger partial charge in [0.05, 0.1) is 5.56 Å². The minimum Gasteiger partial charge on any atom is -0.334 e. The van der Waals surface area contributed by atoms with Crippen molar-refractivity contribution in [2.75, 3.05) is 26.7 Å². The zero-order valence-electron chi connectivity index (χ0n) is 14.4. The maximum Gasteiger partial charge on any atom is 0.255 e. The van der Waals surface area contributed by atoms with E-state index in [4.69, 9.17) is 0 Å². The summed E-state index contributed by atoms with van der Waals surface area (Å²) in [6, 6.07) is 10.7. The summed E-state index contributed by atoms with van der Waals surface area (Å²) in [6.45, 7) is 5.16. The third kappa shape index (κ3) is 2.78. The molecule has 2 bridgehead atoms. The van der Waals surface area contributed by atoms with Crippen molar-refractivity contribution in [1.82, 2.24) is 9.80 Å². The van der Waals surface area contributed by atoms with E-state index < -0.39 is 0 Å². The summed E-state index contributed by atoms with van der Waals surface area (Å²) >= 11 is 1.69. The second-order valence-electron chi connectivity index (χ2n) is 7.22. The van der Waals surface area contributed by atoms with E-state index in [0.717, 1.165) is 42.7 Å². The first kappa shape index (κ1) is 15.9. The molecule has 126 valence electrons. The molecule has 1 aromatic carbocycles. The average Bonchev–Trinajstić information content (AvgIpc) is 2.78. The summed E-state index contributed by atoms with van der Waals surface area (Å²) in [5.74, 6) is 0.848. The number of piperidine rings is 1. The summed E-state index contributed by atoms with van der Waals surface area (Å²) in [5.41, 5.74) is 3.16. The lowest BCUT2D eigenvalue weighted by molar-refractivity contribution is 0.0588. The van der Waals surface area contributed by atoms with Gasteiger partial charge in [-0.2, -0.15) is 0 Å². The van der Waals surface area contributed by atoms with Crippen molar-refractivity contribution in [3.8, 4) is 11.1 Å².